The average molecular weight is 387 g/mol. The highest BCUT2D eigenvalue weighted by atomic mass is 32.1. The molecule has 0 bridgehead atoms. The van der Waals surface area contributed by atoms with Gasteiger partial charge in [-0.2, -0.15) is 0 Å². The minimum absolute atomic E-state index is 0.0927. The van der Waals surface area contributed by atoms with Gasteiger partial charge in [0, 0.05) is 10.4 Å². The van der Waals surface area contributed by atoms with Crippen molar-refractivity contribution in [2.75, 3.05) is 12.4 Å². The minimum atomic E-state index is -0.514. The van der Waals surface area contributed by atoms with Crippen molar-refractivity contribution >= 4 is 34.3 Å². The number of carbonyl (C=O) groups is 3. The van der Waals surface area contributed by atoms with Crippen LogP contribution in [0.4, 0.5) is 5.13 Å². The highest BCUT2D eigenvalue weighted by Crippen LogP contribution is 2.29. The van der Waals surface area contributed by atoms with E-state index in [0.717, 1.165) is 10.4 Å². The van der Waals surface area contributed by atoms with Crippen molar-refractivity contribution in [1.82, 2.24) is 10.3 Å². The summed E-state index contributed by atoms with van der Waals surface area (Å²) in [5.74, 6) is -0.634. The second-order valence-electron chi connectivity index (χ2n) is 6.75. The van der Waals surface area contributed by atoms with E-state index in [1.54, 1.807) is 12.1 Å². The van der Waals surface area contributed by atoms with Gasteiger partial charge in [-0.15, -0.1) is 11.3 Å². The summed E-state index contributed by atoms with van der Waals surface area (Å²) in [5.41, 5.74) is 1.65. The maximum Gasteiger partial charge on any atom is 0.357 e. The van der Waals surface area contributed by atoms with Crippen LogP contribution < -0.4 is 10.6 Å². The summed E-state index contributed by atoms with van der Waals surface area (Å²) in [4.78, 5) is 41.4. The van der Waals surface area contributed by atoms with Gasteiger partial charge in [-0.1, -0.05) is 32.0 Å². The van der Waals surface area contributed by atoms with Crippen molar-refractivity contribution in [2.24, 2.45) is 5.92 Å². The summed E-state index contributed by atoms with van der Waals surface area (Å²) < 4.78 is 4.78. The van der Waals surface area contributed by atoms with Gasteiger partial charge in [0.25, 0.3) is 5.91 Å². The smallest absolute Gasteiger partial charge is 0.357 e. The molecule has 2 amide bonds. The number of nitrogens with one attached hydrogen (secondary N) is 2. The number of amides is 2. The maximum atomic E-state index is 12.5. The van der Waals surface area contributed by atoms with Gasteiger partial charge in [0.1, 0.15) is 0 Å². The van der Waals surface area contributed by atoms with E-state index >= 15 is 0 Å². The zero-order valence-corrected chi connectivity index (χ0v) is 16.2. The third-order valence-electron chi connectivity index (χ3n) is 4.19. The topological polar surface area (TPSA) is 97.4 Å². The predicted molar refractivity (Wildman–Crippen MR) is 102 cm³/mol. The van der Waals surface area contributed by atoms with E-state index in [1.807, 2.05) is 26.0 Å². The number of fused-ring (bicyclic) bond motifs is 1. The van der Waals surface area contributed by atoms with Crippen molar-refractivity contribution in [2.45, 2.75) is 32.7 Å². The number of esters is 1. The number of ether oxygens (including phenoxy) is 1. The molecule has 0 saturated heterocycles. The number of thiazole rings is 1. The molecule has 2 aromatic rings. The van der Waals surface area contributed by atoms with Gasteiger partial charge in [0.15, 0.2) is 10.8 Å². The van der Waals surface area contributed by atoms with E-state index in [0.29, 0.717) is 23.0 Å². The number of carbonyl (C=O) groups excluding carboxylic acids is 3. The number of methoxy groups -OCH3 is 1. The van der Waals surface area contributed by atoms with E-state index < -0.39 is 5.97 Å². The summed E-state index contributed by atoms with van der Waals surface area (Å²) in [6.07, 6.45) is 0.763. The fourth-order valence-corrected chi connectivity index (χ4v) is 4.19. The van der Waals surface area contributed by atoms with Gasteiger partial charge in [-0.25, -0.2) is 9.78 Å². The van der Waals surface area contributed by atoms with Gasteiger partial charge < -0.3 is 15.4 Å². The molecule has 0 radical (unpaired) electrons. The van der Waals surface area contributed by atoms with Crippen molar-refractivity contribution < 1.29 is 19.1 Å². The Labute approximate surface area is 161 Å². The summed E-state index contributed by atoms with van der Waals surface area (Å²) in [6.45, 7) is 4.08. The Morgan fingerprint density at radius 1 is 1.33 bits per heavy atom. The van der Waals surface area contributed by atoms with Crippen LogP contribution in [0.2, 0.25) is 0 Å². The third kappa shape index (κ3) is 4.16. The zero-order valence-electron chi connectivity index (χ0n) is 15.4. The fourth-order valence-electron chi connectivity index (χ4n) is 3.01. The van der Waals surface area contributed by atoms with Gasteiger partial charge in [0.2, 0.25) is 5.91 Å². The van der Waals surface area contributed by atoms with E-state index in [1.165, 1.54) is 18.4 Å². The lowest BCUT2D eigenvalue weighted by Gasteiger charge is -2.10. The number of hydrogen-bond acceptors (Lipinski definition) is 6. The van der Waals surface area contributed by atoms with Crippen LogP contribution in [0.1, 0.15) is 57.6 Å². The first-order valence-corrected chi connectivity index (χ1v) is 9.48. The van der Waals surface area contributed by atoms with Crippen LogP contribution in [0.5, 0.6) is 0 Å². The van der Waals surface area contributed by atoms with Gasteiger partial charge >= 0.3 is 5.97 Å². The molecule has 1 aromatic heterocycles. The van der Waals surface area contributed by atoms with Crippen molar-refractivity contribution in [3.8, 4) is 0 Å². The SMILES string of the molecule is COC(=O)c1nc(NC(=O)CC2NC(=O)c3ccccc32)sc1CC(C)C. The van der Waals surface area contributed by atoms with Gasteiger partial charge in [0.05, 0.1) is 19.6 Å². The number of nitrogens with zero attached hydrogens (tertiary/aromatic N) is 1. The Morgan fingerprint density at radius 3 is 2.78 bits per heavy atom. The van der Waals surface area contributed by atoms with Crippen LogP contribution in [0.25, 0.3) is 0 Å². The molecule has 3 rings (SSSR count). The number of hydrogen-bond donors (Lipinski definition) is 2. The summed E-state index contributed by atoms with van der Waals surface area (Å²) in [7, 11) is 1.30. The molecule has 0 fully saturated rings. The average Bonchev–Trinajstić information content (AvgIpc) is 3.15. The molecular weight excluding hydrogens is 366 g/mol. The first-order valence-electron chi connectivity index (χ1n) is 8.66. The Kier molecular flexibility index (Phi) is 5.55. The summed E-state index contributed by atoms with van der Waals surface area (Å²) in [5, 5.41) is 5.91. The predicted octanol–water partition coefficient (Wildman–Crippen LogP) is 2.94. The molecule has 2 heterocycles. The lowest BCUT2D eigenvalue weighted by atomic mass is 10.0. The number of anilines is 1. The molecule has 1 atom stereocenters. The number of aromatic nitrogens is 1. The molecule has 1 unspecified atom stereocenters. The Morgan fingerprint density at radius 2 is 2.07 bits per heavy atom. The van der Waals surface area contributed by atoms with Crippen LogP contribution >= 0.6 is 11.3 Å². The van der Waals surface area contributed by atoms with Crippen molar-refractivity contribution in [3.05, 3.63) is 46.0 Å². The first-order chi connectivity index (χ1) is 12.9. The second kappa shape index (κ2) is 7.87. The summed E-state index contributed by atoms with van der Waals surface area (Å²) in [6, 6.07) is 6.84. The molecule has 0 aliphatic carbocycles. The lowest BCUT2D eigenvalue weighted by molar-refractivity contribution is -0.116. The zero-order chi connectivity index (χ0) is 19.6. The first kappa shape index (κ1) is 19.0. The quantitative estimate of drug-likeness (QED) is 0.743. The molecule has 2 N–H and O–H groups in total. The molecule has 27 heavy (non-hydrogen) atoms. The van der Waals surface area contributed by atoms with Crippen LogP contribution in [0.3, 0.4) is 0 Å². The monoisotopic (exact) mass is 387 g/mol. The van der Waals surface area contributed by atoms with Crippen LogP contribution in [0.15, 0.2) is 24.3 Å². The minimum Gasteiger partial charge on any atom is -0.464 e. The Balaban J connectivity index is 1.72. The molecule has 8 heteroatoms. The second-order valence-corrected chi connectivity index (χ2v) is 7.83. The molecule has 7 nitrogen and oxygen atoms in total. The van der Waals surface area contributed by atoms with Gasteiger partial charge in [-0.05, 0) is 24.0 Å². The molecule has 1 aliphatic rings. The number of benzene rings is 1. The van der Waals surface area contributed by atoms with Crippen molar-refractivity contribution in [1.29, 1.82) is 0 Å². The molecule has 142 valence electrons. The normalized spacial score (nSPS) is 15.4. The van der Waals surface area contributed by atoms with E-state index in [9.17, 15) is 14.4 Å². The largest absolute Gasteiger partial charge is 0.464 e. The van der Waals surface area contributed by atoms with Crippen molar-refractivity contribution in [3.63, 3.8) is 0 Å². The van der Waals surface area contributed by atoms with E-state index in [4.69, 9.17) is 4.74 Å². The molecule has 0 spiro atoms. The Hall–Kier alpha value is -2.74. The standard InChI is InChI=1S/C19H21N3O4S/c1-10(2)8-14-16(18(25)26-3)22-19(27-14)21-15(23)9-13-11-6-4-5-7-12(11)17(24)20-13/h4-7,10,13H,8-9H2,1-3H3,(H,20,24)(H,21,22,23). The lowest BCUT2D eigenvalue weighted by Crippen LogP contribution is -2.24. The highest BCUT2D eigenvalue weighted by molar-refractivity contribution is 7.16. The molecule has 1 aromatic carbocycles. The fraction of sp³-hybridized carbons (Fsp3) is 0.368. The Bertz CT molecular complexity index is 891. The van der Waals surface area contributed by atoms with Crippen LogP contribution in [-0.4, -0.2) is 29.9 Å². The summed E-state index contributed by atoms with van der Waals surface area (Å²) >= 11 is 1.27. The van der Waals surface area contributed by atoms with Gasteiger partial charge in [-0.3, -0.25) is 9.59 Å². The number of rotatable bonds is 6. The van der Waals surface area contributed by atoms with E-state index in [2.05, 4.69) is 15.6 Å². The maximum absolute atomic E-state index is 12.5. The highest BCUT2D eigenvalue weighted by Gasteiger charge is 2.30. The molecular formula is C19H21N3O4S. The molecule has 1 aliphatic heterocycles. The third-order valence-corrected chi connectivity index (χ3v) is 5.18. The van der Waals surface area contributed by atoms with Crippen LogP contribution in [0, 0.1) is 5.92 Å². The molecule has 0 saturated carbocycles. The van der Waals surface area contributed by atoms with E-state index in [-0.39, 0.29) is 30.0 Å². The van der Waals surface area contributed by atoms with Crippen LogP contribution in [-0.2, 0) is 16.0 Å².